The molecular formula is C24H23F2N3O2. The number of rotatable bonds is 7. The van der Waals surface area contributed by atoms with Crippen molar-refractivity contribution in [1.29, 1.82) is 0 Å². The van der Waals surface area contributed by atoms with Crippen LogP contribution in [0, 0.1) is 11.6 Å². The number of amides is 1. The van der Waals surface area contributed by atoms with Crippen LogP contribution in [-0.4, -0.2) is 15.9 Å². The van der Waals surface area contributed by atoms with E-state index >= 15 is 0 Å². The summed E-state index contributed by atoms with van der Waals surface area (Å²) in [4.78, 5) is 32.2. The molecule has 0 spiro atoms. The average molecular weight is 423 g/mol. The van der Waals surface area contributed by atoms with Gasteiger partial charge in [0, 0.05) is 18.4 Å². The lowest BCUT2D eigenvalue weighted by Gasteiger charge is -2.25. The third-order valence-electron chi connectivity index (χ3n) is 5.58. The molecule has 3 aromatic rings. The Hall–Kier alpha value is -3.35. The van der Waals surface area contributed by atoms with Crippen LogP contribution in [0.1, 0.15) is 53.9 Å². The Balaban J connectivity index is 1.56. The summed E-state index contributed by atoms with van der Waals surface area (Å²) in [5.74, 6) is -0.145. The molecule has 0 saturated heterocycles. The van der Waals surface area contributed by atoms with Crippen molar-refractivity contribution >= 4 is 5.91 Å². The number of carbonyl (C=O) groups excluding carboxylic acids is 1. The van der Waals surface area contributed by atoms with Crippen molar-refractivity contribution in [2.45, 2.75) is 44.1 Å². The third kappa shape index (κ3) is 5.42. The lowest BCUT2D eigenvalue weighted by Crippen LogP contribution is -2.32. The van der Waals surface area contributed by atoms with Crippen LogP contribution in [0.2, 0.25) is 0 Å². The zero-order valence-corrected chi connectivity index (χ0v) is 16.9. The van der Waals surface area contributed by atoms with Crippen LogP contribution >= 0.6 is 0 Å². The first kappa shape index (κ1) is 20.9. The summed E-state index contributed by atoms with van der Waals surface area (Å²) in [5.41, 5.74) is 1.58. The molecule has 1 fully saturated rings. The predicted octanol–water partition coefficient (Wildman–Crippen LogP) is 3.96. The van der Waals surface area contributed by atoms with Crippen molar-refractivity contribution in [1.82, 2.24) is 15.3 Å². The molecule has 1 heterocycles. The largest absolute Gasteiger partial charge is 0.349 e. The number of hydrogen-bond acceptors (Lipinski definition) is 3. The molecule has 7 heteroatoms. The molecule has 1 unspecified atom stereocenters. The Labute approximate surface area is 178 Å². The van der Waals surface area contributed by atoms with E-state index in [0.717, 1.165) is 19.3 Å². The summed E-state index contributed by atoms with van der Waals surface area (Å²) >= 11 is 0. The van der Waals surface area contributed by atoms with E-state index in [1.165, 1.54) is 30.3 Å². The number of hydrogen-bond donors (Lipinski definition) is 2. The Morgan fingerprint density at radius 1 is 1.10 bits per heavy atom. The summed E-state index contributed by atoms with van der Waals surface area (Å²) in [6, 6.07) is 12.6. The van der Waals surface area contributed by atoms with Gasteiger partial charge in [0.05, 0.1) is 18.2 Å². The fourth-order valence-electron chi connectivity index (χ4n) is 3.74. The maximum absolute atomic E-state index is 13.4. The lowest BCUT2D eigenvalue weighted by atomic mass is 9.85. The van der Waals surface area contributed by atoms with Crippen LogP contribution in [0.5, 0.6) is 0 Å². The Morgan fingerprint density at radius 3 is 2.55 bits per heavy atom. The van der Waals surface area contributed by atoms with Gasteiger partial charge in [-0.25, -0.2) is 13.8 Å². The van der Waals surface area contributed by atoms with Crippen molar-refractivity contribution in [3.8, 4) is 0 Å². The van der Waals surface area contributed by atoms with Gasteiger partial charge in [-0.05, 0) is 48.2 Å². The van der Waals surface area contributed by atoms with E-state index in [2.05, 4.69) is 15.3 Å². The molecule has 1 saturated carbocycles. The Kier molecular flexibility index (Phi) is 6.21. The van der Waals surface area contributed by atoms with E-state index in [1.807, 2.05) is 0 Å². The first-order valence-electron chi connectivity index (χ1n) is 10.4. The van der Waals surface area contributed by atoms with Crippen LogP contribution in [0.25, 0.3) is 0 Å². The molecule has 31 heavy (non-hydrogen) atoms. The molecule has 0 radical (unpaired) electrons. The summed E-state index contributed by atoms with van der Waals surface area (Å²) in [6.45, 7) is 0. The van der Waals surface area contributed by atoms with Crippen LogP contribution in [-0.2, 0) is 17.6 Å². The number of aromatic amines is 1. The van der Waals surface area contributed by atoms with Gasteiger partial charge in [0.1, 0.15) is 17.5 Å². The van der Waals surface area contributed by atoms with E-state index in [9.17, 15) is 18.4 Å². The highest BCUT2D eigenvalue weighted by Gasteiger charge is 2.23. The molecule has 2 N–H and O–H groups in total. The number of benzene rings is 2. The van der Waals surface area contributed by atoms with Crippen LogP contribution in [0.15, 0.2) is 59.4 Å². The predicted molar refractivity (Wildman–Crippen MR) is 113 cm³/mol. The number of halogens is 2. The fraction of sp³-hybridized carbons (Fsp3) is 0.292. The monoisotopic (exact) mass is 423 g/mol. The summed E-state index contributed by atoms with van der Waals surface area (Å²) in [7, 11) is 0. The van der Waals surface area contributed by atoms with Gasteiger partial charge in [-0.1, -0.05) is 30.7 Å². The van der Waals surface area contributed by atoms with Gasteiger partial charge in [0.2, 0.25) is 5.91 Å². The first-order chi connectivity index (χ1) is 15.0. The Bertz CT molecular complexity index is 1120. The third-order valence-corrected chi connectivity index (χ3v) is 5.58. The smallest absolute Gasteiger partial charge is 0.251 e. The average Bonchev–Trinajstić information content (AvgIpc) is 2.66. The van der Waals surface area contributed by atoms with E-state index in [-0.39, 0.29) is 36.0 Å². The normalized spacial score (nSPS) is 14.6. The molecular weight excluding hydrogens is 400 g/mol. The van der Waals surface area contributed by atoms with Crippen LogP contribution in [0.3, 0.4) is 0 Å². The minimum atomic E-state index is -0.509. The van der Waals surface area contributed by atoms with Crippen LogP contribution < -0.4 is 10.9 Å². The molecule has 1 aromatic heterocycles. The topological polar surface area (TPSA) is 74.8 Å². The van der Waals surface area contributed by atoms with Crippen molar-refractivity contribution in [3.63, 3.8) is 0 Å². The summed E-state index contributed by atoms with van der Waals surface area (Å²) in [5, 5.41) is 2.93. The van der Waals surface area contributed by atoms with Gasteiger partial charge >= 0.3 is 0 Å². The van der Waals surface area contributed by atoms with E-state index < -0.39 is 11.9 Å². The highest BCUT2D eigenvalue weighted by Crippen LogP contribution is 2.34. The van der Waals surface area contributed by atoms with E-state index in [1.54, 1.807) is 24.3 Å². The molecule has 4 rings (SSSR count). The van der Waals surface area contributed by atoms with Crippen molar-refractivity contribution in [2.75, 3.05) is 0 Å². The quantitative estimate of drug-likeness (QED) is 0.604. The molecule has 0 aliphatic heterocycles. The Morgan fingerprint density at radius 2 is 1.87 bits per heavy atom. The number of nitrogens with zero attached hydrogens (tertiary/aromatic N) is 1. The fourth-order valence-corrected chi connectivity index (χ4v) is 3.74. The zero-order valence-electron chi connectivity index (χ0n) is 16.9. The molecule has 1 atom stereocenters. The molecule has 1 aliphatic carbocycles. The molecule has 160 valence electrons. The van der Waals surface area contributed by atoms with E-state index in [4.69, 9.17) is 0 Å². The van der Waals surface area contributed by atoms with Crippen molar-refractivity contribution < 1.29 is 13.6 Å². The second-order valence-electron chi connectivity index (χ2n) is 7.93. The summed E-state index contributed by atoms with van der Waals surface area (Å²) in [6.07, 6.45) is 3.40. The standard InChI is InChI=1S/C24H23F2N3O2/c25-18-9-7-16(8-10-18)21(28-22(30)12-15-3-1-6-19(26)11-15)13-20-14-23(31)29-24(27-20)17-4-2-5-17/h1,3,6-11,14,17,21H,2,4-5,12-13H2,(H,28,30)(H,27,29,31). The second-order valence-corrected chi connectivity index (χ2v) is 7.93. The van der Waals surface area contributed by atoms with Gasteiger partial charge in [-0.15, -0.1) is 0 Å². The zero-order chi connectivity index (χ0) is 21.8. The van der Waals surface area contributed by atoms with E-state index in [0.29, 0.717) is 22.6 Å². The highest BCUT2D eigenvalue weighted by atomic mass is 19.1. The van der Waals surface area contributed by atoms with Gasteiger partial charge < -0.3 is 10.3 Å². The SMILES string of the molecule is O=C(Cc1cccc(F)c1)NC(Cc1cc(=O)[nH]c(C2CCC2)n1)c1ccc(F)cc1. The minimum Gasteiger partial charge on any atom is -0.349 e. The molecule has 1 amide bonds. The first-order valence-corrected chi connectivity index (χ1v) is 10.4. The number of aromatic nitrogens is 2. The molecule has 1 aliphatic rings. The number of H-pyrrole nitrogens is 1. The molecule has 0 bridgehead atoms. The maximum Gasteiger partial charge on any atom is 0.251 e. The maximum atomic E-state index is 13.4. The van der Waals surface area contributed by atoms with Crippen LogP contribution in [0.4, 0.5) is 8.78 Å². The highest BCUT2D eigenvalue weighted by molar-refractivity contribution is 5.79. The summed E-state index contributed by atoms with van der Waals surface area (Å²) < 4.78 is 26.9. The van der Waals surface area contributed by atoms with Gasteiger partial charge in [-0.3, -0.25) is 9.59 Å². The van der Waals surface area contributed by atoms with Gasteiger partial charge in [0.25, 0.3) is 5.56 Å². The van der Waals surface area contributed by atoms with Gasteiger partial charge in [-0.2, -0.15) is 0 Å². The molecule has 5 nitrogen and oxygen atoms in total. The second kappa shape index (κ2) is 9.20. The van der Waals surface area contributed by atoms with Crippen molar-refractivity contribution in [2.24, 2.45) is 0 Å². The van der Waals surface area contributed by atoms with Crippen molar-refractivity contribution in [3.05, 3.63) is 99.2 Å². The van der Waals surface area contributed by atoms with Gasteiger partial charge in [0.15, 0.2) is 0 Å². The molecule has 2 aromatic carbocycles. The number of nitrogens with one attached hydrogen (secondary N) is 2. The lowest BCUT2D eigenvalue weighted by molar-refractivity contribution is -0.121. The minimum absolute atomic E-state index is 0.00554. The number of carbonyl (C=O) groups is 1.